The van der Waals surface area contributed by atoms with Crippen LogP contribution in [0.1, 0.15) is 6.92 Å². The number of nitrogens with one attached hydrogen (secondary N) is 3. The van der Waals surface area contributed by atoms with Crippen LogP contribution >= 0.6 is 35.4 Å². The Bertz CT molecular complexity index is 1010. The second-order valence-corrected chi connectivity index (χ2v) is 8.85. The maximum Gasteiger partial charge on any atom is 0.264 e. The van der Waals surface area contributed by atoms with Crippen LogP contribution in [0.3, 0.4) is 0 Å². The van der Waals surface area contributed by atoms with Crippen LogP contribution in [0, 0.1) is 0 Å². The minimum Gasteiger partial charge on any atom is -0.488 e. The van der Waals surface area contributed by atoms with Crippen LogP contribution in [-0.2, 0) is 19.1 Å². The van der Waals surface area contributed by atoms with E-state index in [2.05, 4.69) is 20.1 Å². The van der Waals surface area contributed by atoms with E-state index < -0.39 is 10.1 Å². The van der Waals surface area contributed by atoms with E-state index in [9.17, 15) is 13.2 Å². The highest BCUT2D eigenvalue weighted by molar-refractivity contribution is 7.86. The highest BCUT2D eigenvalue weighted by atomic mass is 35.5. The summed E-state index contributed by atoms with van der Waals surface area (Å²) in [4.78, 5) is 11.1. The van der Waals surface area contributed by atoms with Gasteiger partial charge < -0.3 is 20.7 Å². The molecule has 2 aromatic carbocycles. The molecule has 0 radical (unpaired) electrons. The van der Waals surface area contributed by atoms with Crippen molar-refractivity contribution in [3.63, 3.8) is 0 Å². The van der Waals surface area contributed by atoms with Crippen molar-refractivity contribution in [3.8, 4) is 5.75 Å². The average molecular weight is 492 g/mol. The number of amides is 1. The summed E-state index contributed by atoms with van der Waals surface area (Å²) in [5.74, 6) is 0.0467. The van der Waals surface area contributed by atoms with Gasteiger partial charge in [0.1, 0.15) is 13.2 Å². The molecule has 0 bridgehead atoms. The van der Waals surface area contributed by atoms with Gasteiger partial charge in [0.2, 0.25) is 5.91 Å². The van der Waals surface area contributed by atoms with Crippen LogP contribution in [0.25, 0.3) is 0 Å². The monoisotopic (exact) mass is 491 g/mol. The Balaban J connectivity index is 1.94. The number of ether oxygens (including phenoxy) is 1. The van der Waals surface area contributed by atoms with Gasteiger partial charge >= 0.3 is 0 Å². The van der Waals surface area contributed by atoms with Crippen molar-refractivity contribution in [2.24, 2.45) is 0 Å². The van der Waals surface area contributed by atoms with E-state index >= 15 is 0 Å². The van der Waals surface area contributed by atoms with Crippen LogP contribution < -0.4 is 20.7 Å². The van der Waals surface area contributed by atoms with E-state index in [4.69, 9.17) is 40.2 Å². The lowest BCUT2D eigenvalue weighted by Crippen LogP contribution is -2.19. The molecule has 0 aliphatic rings. The third-order valence-corrected chi connectivity index (χ3v) is 4.71. The van der Waals surface area contributed by atoms with Gasteiger partial charge in [-0.2, -0.15) is 8.42 Å². The van der Waals surface area contributed by atoms with Gasteiger partial charge in [0.05, 0.1) is 16.3 Å². The summed E-state index contributed by atoms with van der Waals surface area (Å²) in [6, 6.07) is 10.1. The number of hydrogen-bond donors (Lipinski definition) is 3. The van der Waals surface area contributed by atoms with E-state index in [1.54, 1.807) is 36.4 Å². The lowest BCUT2D eigenvalue weighted by molar-refractivity contribution is -0.114. The summed E-state index contributed by atoms with van der Waals surface area (Å²) in [6.07, 6.45) is 0.946. The normalized spacial score (nSPS) is 10.9. The Morgan fingerprint density at radius 1 is 0.967 bits per heavy atom. The van der Waals surface area contributed by atoms with Crippen LogP contribution in [0.5, 0.6) is 5.75 Å². The molecule has 2 rings (SSSR count). The van der Waals surface area contributed by atoms with Gasteiger partial charge in [-0.25, -0.2) is 0 Å². The Morgan fingerprint density at radius 3 is 1.97 bits per heavy atom. The largest absolute Gasteiger partial charge is 0.488 e. The minimum atomic E-state index is -3.55. The highest BCUT2D eigenvalue weighted by Gasteiger charge is 2.12. The number of benzene rings is 2. The fraction of sp³-hybridized carbons (Fsp3) is 0.222. The molecule has 8 nitrogen and oxygen atoms in total. The molecular weight excluding hydrogens is 473 g/mol. The Morgan fingerprint density at radius 2 is 1.47 bits per heavy atom. The number of carbonyl (C=O) groups is 1. The predicted molar refractivity (Wildman–Crippen MR) is 123 cm³/mol. The first-order chi connectivity index (χ1) is 14.0. The fourth-order valence-electron chi connectivity index (χ4n) is 2.23. The van der Waals surface area contributed by atoms with E-state index in [1.165, 1.54) is 6.92 Å². The molecule has 0 saturated carbocycles. The molecule has 0 saturated heterocycles. The predicted octanol–water partition coefficient (Wildman–Crippen LogP) is 4.12. The van der Waals surface area contributed by atoms with Crippen LogP contribution in [0.15, 0.2) is 36.4 Å². The van der Waals surface area contributed by atoms with Gasteiger partial charge in [0, 0.05) is 24.0 Å². The zero-order valence-corrected chi connectivity index (χ0v) is 19.1. The summed E-state index contributed by atoms with van der Waals surface area (Å²) in [6.45, 7) is 1.22. The van der Waals surface area contributed by atoms with Crippen molar-refractivity contribution in [2.45, 2.75) is 6.92 Å². The lowest BCUT2D eigenvalue weighted by Gasteiger charge is -2.14. The minimum absolute atomic E-state index is 0.0479. The van der Waals surface area contributed by atoms with Crippen LogP contribution in [0.4, 0.5) is 17.1 Å². The number of thiocarbonyl (C=S) groups is 1. The summed E-state index contributed by atoms with van der Waals surface area (Å²) in [5, 5.41) is 9.35. The molecule has 0 heterocycles. The van der Waals surface area contributed by atoms with Gasteiger partial charge in [-0.1, -0.05) is 23.2 Å². The summed E-state index contributed by atoms with van der Waals surface area (Å²) in [5.41, 5.74) is 1.91. The van der Waals surface area contributed by atoms with Crippen molar-refractivity contribution in [3.05, 3.63) is 46.4 Å². The van der Waals surface area contributed by atoms with E-state index in [1.807, 2.05) is 0 Å². The molecule has 0 aliphatic carbocycles. The van der Waals surface area contributed by atoms with Crippen molar-refractivity contribution >= 4 is 73.6 Å². The van der Waals surface area contributed by atoms with Gasteiger partial charge in [-0.15, -0.1) is 0 Å². The molecule has 0 aromatic heterocycles. The second-order valence-electron chi connectivity index (χ2n) is 5.98. The van der Waals surface area contributed by atoms with Crippen molar-refractivity contribution in [1.29, 1.82) is 0 Å². The van der Waals surface area contributed by atoms with Crippen molar-refractivity contribution in [2.75, 3.05) is 35.4 Å². The van der Waals surface area contributed by atoms with Gasteiger partial charge in [0.25, 0.3) is 10.1 Å². The fourth-order valence-corrected chi connectivity index (χ4v) is 3.44. The quantitative estimate of drug-likeness (QED) is 0.287. The maximum absolute atomic E-state index is 11.1. The van der Waals surface area contributed by atoms with E-state index in [-0.39, 0.29) is 34.9 Å². The second kappa shape index (κ2) is 10.8. The highest BCUT2D eigenvalue weighted by Crippen LogP contribution is 2.36. The molecule has 3 N–H and O–H groups in total. The number of rotatable bonds is 8. The summed E-state index contributed by atoms with van der Waals surface area (Å²) >= 11 is 17.7. The van der Waals surface area contributed by atoms with Gasteiger partial charge in [-0.05, 0) is 48.6 Å². The third-order valence-electron chi connectivity index (χ3n) is 3.35. The number of halogens is 2. The van der Waals surface area contributed by atoms with E-state index in [0.717, 1.165) is 6.26 Å². The van der Waals surface area contributed by atoms with Crippen molar-refractivity contribution < 1.29 is 22.1 Å². The Kier molecular flexibility index (Phi) is 8.68. The molecule has 1 amide bonds. The topological polar surface area (TPSA) is 106 Å². The molecule has 12 heteroatoms. The number of hydrogen-bond acceptors (Lipinski definition) is 6. The smallest absolute Gasteiger partial charge is 0.264 e. The first-order valence-electron chi connectivity index (χ1n) is 8.45. The first-order valence-corrected chi connectivity index (χ1v) is 11.4. The Labute approximate surface area is 190 Å². The molecule has 2 aromatic rings. The molecular formula is C18H19Cl2N3O5S2. The molecule has 0 aliphatic heterocycles. The standard InChI is InChI=1S/C18H19Cl2N3O5S2/c1-11(24)21-12-3-5-13(6-4-12)22-18(29)23-14-9-15(19)17(16(20)10-14)27-7-8-28-30(2,25)26/h3-6,9-10H,7-8H2,1-2H3,(H,21,24)(H2,22,23,29). The number of carbonyl (C=O) groups excluding carboxylic acids is 1. The van der Waals surface area contributed by atoms with Gasteiger partial charge in [0.15, 0.2) is 10.9 Å². The molecule has 0 unspecified atom stereocenters. The van der Waals surface area contributed by atoms with Gasteiger partial charge in [-0.3, -0.25) is 8.98 Å². The Hall–Kier alpha value is -2.11. The average Bonchev–Trinajstić information content (AvgIpc) is 2.60. The van der Waals surface area contributed by atoms with Crippen molar-refractivity contribution in [1.82, 2.24) is 0 Å². The molecule has 162 valence electrons. The van der Waals surface area contributed by atoms with E-state index in [0.29, 0.717) is 22.2 Å². The molecule has 30 heavy (non-hydrogen) atoms. The first kappa shape index (κ1) is 24.2. The summed E-state index contributed by atoms with van der Waals surface area (Å²) < 4.78 is 31.9. The molecule has 0 fully saturated rings. The molecule has 0 atom stereocenters. The lowest BCUT2D eigenvalue weighted by atomic mass is 10.2. The maximum atomic E-state index is 11.1. The number of anilines is 3. The van der Waals surface area contributed by atoms with Crippen LogP contribution in [-0.4, -0.2) is 38.9 Å². The molecule has 0 spiro atoms. The van der Waals surface area contributed by atoms with Crippen LogP contribution in [0.2, 0.25) is 10.0 Å². The third kappa shape index (κ3) is 8.33. The summed E-state index contributed by atoms with van der Waals surface area (Å²) in [7, 11) is -3.55. The SMILES string of the molecule is CC(=O)Nc1ccc(NC(=S)Nc2cc(Cl)c(OCCOS(C)(=O)=O)c(Cl)c2)cc1. The zero-order valence-electron chi connectivity index (χ0n) is 16.0. The zero-order chi connectivity index (χ0) is 22.3.